The number of alkyl halides is 1. The van der Waals surface area contributed by atoms with Crippen LogP contribution < -0.4 is 0 Å². The number of hydrogen-bond donors (Lipinski definition) is 1. The zero-order valence-electron chi connectivity index (χ0n) is 9.36. The van der Waals surface area contributed by atoms with Gasteiger partial charge in [0.2, 0.25) is 0 Å². The van der Waals surface area contributed by atoms with E-state index in [4.69, 9.17) is 10.00 Å². The Balaban J connectivity index is 3.15. The molecule has 5 heteroatoms. The first-order valence-corrected chi connectivity index (χ1v) is 6.66. The van der Waals surface area contributed by atoms with Crippen LogP contribution in [0.3, 0.4) is 0 Å². The minimum atomic E-state index is -0.329. The molecule has 0 N–H and O–H groups in total. The first kappa shape index (κ1) is 14.1. The van der Waals surface area contributed by atoms with E-state index in [9.17, 15) is 4.79 Å². The van der Waals surface area contributed by atoms with Crippen molar-refractivity contribution in [2.24, 2.45) is 0 Å². The predicted octanol–water partition coefficient (Wildman–Crippen LogP) is 2.85. The Bertz CT molecular complexity index is 468. The van der Waals surface area contributed by atoms with Crippen LogP contribution in [-0.4, -0.2) is 12.6 Å². The zero-order chi connectivity index (χ0) is 12.8. The molecule has 0 saturated heterocycles. The van der Waals surface area contributed by atoms with Crippen molar-refractivity contribution in [3.63, 3.8) is 0 Å². The number of hydrogen-bond acceptors (Lipinski definition) is 4. The van der Waals surface area contributed by atoms with E-state index in [2.05, 4.69) is 34.6 Å². The van der Waals surface area contributed by atoms with Gasteiger partial charge in [-0.3, -0.25) is 4.79 Å². The quantitative estimate of drug-likeness (QED) is 0.528. The van der Waals surface area contributed by atoms with E-state index in [1.165, 1.54) is 0 Å². The SMILES string of the molecule is CCOC(=O)Cc1c(CBr)ccc(S)c1C#N. The van der Waals surface area contributed by atoms with Crippen LogP contribution in [0, 0.1) is 11.3 Å². The van der Waals surface area contributed by atoms with Gasteiger partial charge in [-0.1, -0.05) is 22.0 Å². The van der Waals surface area contributed by atoms with Crippen molar-refractivity contribution in [2.45, 2.75) is 23.6 Å². The van der Waals surface area contributed by atoms with Crippen molar-refractivity contribution in [3.05, 3.63) is 28.8 Å². The number of nitrogens with zero attached hydrogens (tertiary/aromatic N) is 1. The number of carbonyl (C=O) groups excluding carboxylic acids is 1. The third-order valence-electron chi connectivity index (χ3n) is 2.27. The molecule has 0 atom stereocenters. The largest absolute Gasteiger partial charge is 0.466 e. The molecule has 1 rings (SSSR count). The molecule has 0 fully saturated rings. The summed E-state index contributed by atoms with van der Waals surface area (Å²) in [6, 6.07) is 5.69. The van der Waals surface area contributed by atoms with Gasteiger partial charge in [-0.05, 0) is 24.1 Å². The molecule has 0 unspecified atom stereocenters. The van der Waals surface area contributed by atoms with Crippen LogP contribution in [0.1, 0.15) is 23.6 Å². The fourth-order valence-electron chi connectivity index (χ4n) is 1.49. The normalized spacial score (nSPS) is 9.76. The minimum Gasteiger partial charge on any atom is -0.466 e. The zero-order valence-corrected chi connectivity index (χ0v) is 11.8. The summed E-state index contributed by atoms with van der Waals surface area (Å²) in [6.45, 7) is 2.09. The van der Waals surface area contributed by atoms with Gasteiger partial charge in [0.15, 0.2) is 0 Å². The number of ether oxygens (including phenoxy) is 1. The first-order valence-electron chi connectivity index (χ1n) is 5.09. The molecule has 1 aromatic rings. The fourth-order valence-corrected chi connectivity index (χ4v) is 2.27. The van der Waals surface area contributed by atoms with Crippen molar-refractivity contribution in [1.82, 2.24) is 0 Å². The minimum absolute atomic E-state index is 0.103. The summed E-state index contributed by atoms with van der Waals surface area (Å²) < 4.78 is 4.90. The Hall–Kier alpha value is -0.990. The van der Waals surface area contributed by atoms with Gasteiger partial charge in [-0.15, -0.1) is 12.6 Å². The van der Waals surface area contributed by atoms with Gasteiger partial charge >= 0.3 is 5.97 Å². The molecule has 90 valence electrons. The summed E-state index contributed by atoms with van der Waals surface area (Å²) in [5.41, 5.74) is 2.04. The van der Waals surface area contributed by atoms with Crippen LogP contribution in [0.4, 0.5) is 0 Å². The van der Waals surface area contributed by atoms with E-state index >= 15 is 0 Å². The lowest BCUT2D eigenvalue weighted by Crippen LogP contribution is -2.10. The topological polar surface area (TPSA) is 50.1 Å². The van der Waals surface area contributed by atoms with Gasteiger partial charge in [-0.2, -0.15) is 5.26 Å². The number of esters is 1. The molecule has 0 aliphatic rings. The lowest BCUT2D eigenvalue weighted by atomic mass is 10.00. The summed E-state index contributed by atoms with van der Waals surface area (Å²) in [4.78, 5) is 12.1. The second-order valence-corrected chi connectivity index (χ2v) is 4.37. The van der Waals surface area contributed by atoms with Crippen molar-refractivity contribution in [1.29, 1.82) is 5.26 Å². The molecular formula is C12H12BrNO2S. The van der Waals surface area contributed by atoms with Crippen molar-refractivity contribution in [2.75, 3.05) is 6.61 Å². The van der Waals surface area contributed by atoms with Gasteiger partial charge in [0, 0.05) is 10.2 Å². The predicted molar refractivity (Wildman–Crippen MR) is 71.4 cm³/mol. The molecule has 1 aromatic carbocycles. The average molecular weight is 314 g/mol. The van der Waals surface area contributed by atoms with Crippen LogP contribution >= 0.6 is 28.6 Å². The third-order valence-corrected chi connectivity index (χ3v) is 3.25. The van der Waals surface area contributed by atoms with Gasteiger partial charge in [0.1, 0.15) is 6.07 Å². The molecule has 0 aromatic heterocycles. The average Bonchev–Trinajstić information content (AvgIpc) is 2.30. The van der Waals surface area contributed by atoms with Crippen molar-refractivity contribution < 1.29 is 9.53 Å². The molecule has 0 aliphatic carbocycles. The van der Waals surface area contributed by atoms with E-state index in [1.54, 1.807) is 13.0 Å². The number of rotatable bonds is 4. The standard InChI is InChI=1S/C12H12BrNO2S/c1-2-16-12(15)5-9-8(6-13)3-4-11(17)10(9)7-14/h3-4,17H,2,5-6H2,1H3. The Labute approximate surface area is 114 Å². The van der Waals surface area contributed by atoms with Crippen LogP contribution in [0.25, 0.3) is 0 Å². The number of benzene rings is 1. The Kier molecular flexibility index (Phi) is 5.52. The van der Waals surface area contributed by atoms with E-state index in [0.717, 1.165) is 5.56 Å². The highest BCUT2D eigenvalue weighted by molar-refractivity contribution is 9.08. The number of nitriles is 1. The molecule has 3 nitrogen and oxygen atoms in total. The smallest absolute Gasteiger partial charge is 0.310 e. The maximum Gasteiger partial charge on any atom is 0.310 e. The maximum atomic E-state index is 11.5. The number of halogens is 1. The second kappa shape index (κ2) is 6.67. The highest BCUT2D eigenvalue weighted by Crippen LogP contribution is 2.24. The molecule has 17 heavy (non-hydrogen) atoms. The summed E-state index contributed by atoms with van der Waals surface area (Å²) in [5, 5.41) is 9.68. The third kappa shape index (κ3) is 3.48. The summed E-state index contributed by atoms with van der Waals surface area (Å²) in [7, 11) is 0. The fraction of sp³-hybridized carbons (Fsp3) is 0.333. The van der Waals surface area contributed by atoms with E-state index in [1.807, 2.05) is 6.07 Å². The monoisotopic (exact) mass is 313 g/mol. The van der Waals surface area contributed by atoms with E-state index in [0.29, 0.717) is 28.0 Å². The van der Waals surface area contributed by atoms with Crippen LogP contribution in [0.5, 0.6) is 0 Å². The lowest BCUT2D eigenvalue weighted by molar-refractivity contribution is -0.142. The molecule has 0 heterocycles. The van der Waals surface area contributed by atoms with Gasteiger partial charge < -0.3 is 4.74 Å². The summed E-state index contributed by atoms with van der Waals surface area (Å²) in [6.07, 6.45) is 0.103. The Morgan fingerprint density at radius 3 is 2.82 bits per heavy atom. The number of carbonyl (C=O) groups is 1. The van der Waals surface area contributed by atoms with Crippen molar-refractivity contribution >= 4 is 34.5 Å². The summed E-state index contributed by atoms with van der Waals surface area (Å²) in [5.74, 6) is -0.329. The van der Waals surface area contributed by atoms with Gasteiger partial charge in [0.25, 0.3) is 0 Å². The van der Waals surface area contributed by atoms with Crippen LogP contribution in [-0.2, 0) is 21.3 Å². The molecular weight excluding hydrogens is 302 g/mol. The molecule has 0 radical (unpaired) electrons. The highest BCUT2D eigenvalue weighted by atomic mass is 79.9. The lowest BCUT2D eigenvalue weighted by Gasteiger charge is -2.10. The molecule has 0 bridgehead atoms. The molecule has 0 amide bonds. The van der Waals surface area contributed by atoms with Crippen LogP contribution in [0.2, 0.25) is 0 Å². The second-order valence-electron chi connectivity index (χ2n) is 3.32. The number of thiol groups is 1. The Morgan fingerprint density at radius 2 is 2.29 bits per heavy atom. The van der Waals surface area contributed by atoms with Crippen molar-refractivity contribution in [3.8, 4) is 6.07 Å². The Morgan fingerprint density at radius 1 is 1.59 bits per heavy atom. The summed E-state index contributed by atoms with van der Waals surface area (Å²) >= 11 is 7.56. The van der Waals surface area contributed by atoms with E-state index in [-0.39, 0.29) is 12.4 Å². The van der Waals surface area contributed by atoms with Gasteiger partial charge in [0.05, 0.1) is 18.6 Å². The highest BCUT2D eigenvalue weighted by Gasteiger charge is 2.15. The molecule has 0 spiro atoms. The molecule has 0 saturated carbocycles. The van der Waals surface area contributed by atoms with E-state index < -0.39 is 0 Å². The molecule has 0 aliphatic heterocycles. The van der Waals surface area contributed by atoms with Crippen LogP contribution in [0.15, 0.2) is 17.0 Å². The van der Waals surface area contributed by atoms with Gasteiger partial charge in [-0.25, -0.2) is 0 Å². The first-order chi connectivity index (χ1) is 8.13. The maximum absolute atomic E-state index is 11.5.